The van der Waals surface area contributed by atoms with Crippen LogP contribution in [0.25, 0.3) is 5.65 Å². The van der Waals surface area contributed by atoms with Gasteiger partial charge in [0.05, 0.1) is 5.69 Å². The van der Waals surface area contributed by atoms with Gasteiger partial charge in [0.25, 0.3) is 0 Å². The number of fused-ring (bicyclic) bond motifs is 1. The molecule has 0 aliphatic heterocycles. The van der Waals surface area contributed by atoms with Gasteiger partial charge in [-0.25, -0.2) is 8.91 Å². The van der Waals surface area contributed by atoms with E-state index in [-0.39, 0.29) is 11.1 Å². The van der Waals surface area contributed by atoms with Crippen LogP contribution in [0.15, 0.2) is 42.6 Å². The highest BCUT2D eigenvalue weighted by Gasteiger charge is 2.07. The Labute approximate surface area is 113 Å². The van der Waals surface area contributed by atoms with E-state index in [4.69, 9.17) is 11.6 Å². The summed E-state index contributed by atoms with van der Waals surface area (Å²) in [6.45, 7) is 0.372. The second-order valence-electron chi connectivity index (χ2n) is 4.02. The van der Waals surface area contributed by atoms with Gasteiger partial charge in [0.15, 0.2) is 5.65 Å². The van der Waals surface area contributed by atoms with Gasteiger partial charge in [-0.05, 0) is 29.8 Å². The van der Waals surface area contributed by atoms with Crippen molar-refractivity contribution in [3.8, 4) is 0 Å². The van der Waals surface area contributed by atoms with Crippen LogP contribution in [0.3, 0.4) is 0 Å². The van der Waals surface area contributed by atoms with Gasteiger partial charge in [-0.2, -0.15) is 4.98 Å². The fraction of sp³-hybridized carbons (Fsp3) is 0.0769. The van der Waals surface area contributed by atoms with Crippen molar-refractivity contribution in [3.05, 3.63) is 59.3 Å². The number of nitrogens with one attached hydrogen (secondary N) is 1. The van der Waals surface area contributed by atoms with Gasteiger partial charge in [0.1, 0.15) is 5.82 Å². The second-order valence-corrected chi connectivity index (χ2v) is 4.35. The van der Waals surface area contributed by atoms with Gasteiger partial charge >= 0.3 is 0 Å². The Morgan fingerprint density at radius 3 is 2.89 bits per heavy atom. The maximum atomic E-state index is 13.5. The van der Waals surface area contributed by atoms with Gasteiger partial charge in [-0.3, -0.25) is 0 Å². The molecule has 96 valence electrons. The van der Waals surface area contributed by atoms with Crippen LogP contribution in [0.5, 0.6) is 0 Å². The molecule has 0 saturated carbocycles. The molecular weight excluding hydrogens is 267 g/mol. The highest BCUT2D eigenvalue weighted by Crippen LogP contribution is 2.18. The fourth-order valence-corrected chi connectivity index (χ4v) is 2.01. The molecule has 0 atom stereocenters. The third kappa shape index (κ3) is 2.37. The Hall–Kier alpha value is -2.14. The molecule has 0 radical (unpaired) electrons. The van der Waals surface area contributed by atoms with Crippen molar-refractivity contribution in [2.45, 2.75) is 6.54 Å². The summed E-state index contributed by atoms with van der Waals surface area (Å²) in [5.41, 5.74) is 1.96. The summed E-state index contributed by atoms with van der Waals surface area (Å²) in [5.74, 6) is -0.235. The third-order valence-corrected chi connectivity index (χ3v) is 2.92. The highest BCUT2D eigenvalue weighted by molar-refractivity contribution is 6.28. The minimum absolute atomic E-state index is 0.181. The van der Waals surface area contributed by atoms with E-state index in [1.807, 2.05) is 12.1 Å². The zero-order valence-corrected chi connectivity index (χ0v) is 10.6. The second kappa shape index (κ2) is 4.85. The van der Waals surface area contributed by atoms with Gasteiger partial charge in [0, 0.05) is 18.3 Å². The van der Waals surface area contributed by atoms with Crippen molar-refractivity contribution >= 4 is 22.9 Å². The van der Waals surface area contributed by atoms with Crippen molar-refractivity contribution in [1.29, 1.82) is 0 Å². The van der Waals surface area contributed by atoms with E-state index in [0.717, 1.165) is 5.69 Å². The number of anilines is 1. The number of pyridine rings is 1. The van der Waals surface area contributed by atoms with E-state index in [1.54, 1.807) is 28.9 Å². The Bertz CT molecular complexity index is 725. The molecule has 0 fully saturated rings. The monoisotopic (exact) mass is 276 g/mol. The molecule has 0 aliphatic rings. The van der Waals surface area contributed by atoms with E-state index >= 15 is 0 Å². The predicted octanol–water partition coefficient (Wildman–Crippen LogP) is 3.13. The van der Waals surface area contributed by atoms with Crippen LogP contribution in [0.4, 0.5) is 10.1 Å². The molecule has 0 saturated heterocycles. The van der Waals surface area contributed by atoms with E-state index in [0.29, 0.717) is 17.8 Å². The zero-order valence-electron chi connectivity index (χ0n) is 9.85. The van der Waals surface area contributed by atoms with Gasteiger partial charge < -0.3 is 5.32 Å². The van der Waals surface area contributed by atoms with Gasteiger partial charge in [-0.1, -0.05) is 18.2 Å². The van der Waals surface area contributed by atoms with Crippen LogP contribution >= 0.6 is 11.6 Å². The van der Waals surface area contributed by atoms with Crippen LogP contribution < -0.4 is 5.32 Å². The highest BCUT2D eigenvalue weighted by atomic mass is 35.5. The van der Waals surface area contributed by atoms with E-state index in [9.17, 15) is 4.39 Å². The summed E-state index contributed by atoms with van der Waals surface area (Å²) in [6, 6.07) is 10.3. The summed E-state index contributed by atoms with van der Waals surface area (Å²) in [6.07, 6.45) is 1.75. The number of rotatable bonds is 3. The summed E-state index contributed by atoms with van der Waals surface area (Å²) < 4.78 is 15.1. The molecule has 19 heavy (non-hydrogen) atoms. The minimum Gasteiger partial charge on any atom is -0.378 e. The first-order valence-corrected chi connectivity index (χ1v) is 6.10. The summed E-state index contributed by atoms with van der Waals surface area (Å²) in [4.78, 5) is 4.11. The van der Waals surface area contributed by atoms with Crippen LogP contribution in [0, 0.1) is 5.82 Å². The molecular formula is C13H10ClFN4. The summed E-state index contributed by atoms with van der Waals surface area (Å²) >= 11 is 5.77. The minimum atomic E-state index is -0.235. The smallest absolute Gasteiger partial charge is 0.243 e. The molecule has 1 aromatic carbocycles. The lowest BCUT2D eigenvalue weighted by Crippen LogP contribution is -2.03. The quantitative estimate of drug-likeness (QED) is 0.799. The van der Waals surface area contributed by atoms with Crippen molar-refractivity contribution in [2.24, 2.45) is 0 Å². The number of aromatic nitrogens is 3. The van der Waals surface area contributed by atoms with Crippen LogP contribution in [-0.2, 0) is 6.54 Å². The average Bonchev–Trinajstić information content (AvgIpc) is 2.78. The van der Waals surface area contributed by atoms with Crippen LogP contribution in [0.2, 0.25) is 5.28 Å². The van der Waals surface area contributed by atoms with Crippen molar-refractivity contribution < 1.29 is 4.39 Å². The van der Waals surface area contributed by atoms with Gasteiger partial charge in [0.2, 0.25) is 5.28 Å². The molecule has 6 heteroatoms. The Kier molecular flexibility index (Phi) is 3.05. The maximum absolute atomic E-state index is 13.5. The number of benzene rings is 1. The molecule has 2 heterocycles. The Morgan fingerprint density at radius 1 is 1.21 bits per heavy atom. The van der Waals surface area contributed by atoms with E-state index in [2.05, 4.69) is 15.4 Å². The molecule has 0 aliphatic carbocycles. The Morgan fingerprint density at radius 2 is 2.05 bits per heavy atom. The van der Waals surface area contributed by atoms with Crippen LogP contribution in [-0.4, -0.2) is 14.6 Å². The number of hydrogen-bond donors (Lipinski definition) is 1. The number of halogens is 2. The fourth-order valence-electron chi connectivity index (χ4n) is 1.85. The Balaban J connectivity index is 1.88. The van der Waals surface area contributed by atoms with Crippen molar-refractivity contribution in [3.63, 3.8) is 0 Å². The number of hydrogen-bond acceptors (Lipinski definition) is 3. The third-order valence-electron chi connectivity index (χ3n) is 2.76. The first kappa shape index (κ1) is 11.9. The average molecular weight is 277 g/mol. The van der Waals surface area contributed by atoms with E-state index in [1.165, 1.54) is 6.07 Å². The summed E-state index contributed by atoms with van der Waals surface area (Å²) in [7, 11) is 0. The van der Waals surface area contributed by atoms with Gasteiger partial charge in [-0.15, -0.1) is 5.10 Å². The molecule has 2 aromatic heterocycles. The largest absolute Gasteiger partial charge is 0.378 e. The topological polar surface area (TPSA) is 42.2 Å². The lowest BCUT2D eigenvalue weighted by atomic mass is 10.2. The molecule has 0 amide bonds. The van der Waals surface area contributed by atoms with E-state index < -0.39 is 0 Å². The SMILES string of the molecule is Fc1ccccc1CNc1cccn2nc(Cl)nc12. The maximum Gasteiger partial charge on any atom is 0.243 e. The van der Waals surface area contributed by atoms with Crippen molar-refractivity contribution in [1.82, 2.24) is 14.6 Å². The standard InChI is InChI=1S/C13H10ClFN4/c14-13-17-12-11(6-3-7-19(12)18-13)16-8-9-4-1-2-5-10(9)15/h1-7,16H,8H2. The molecule has 0 unspecified atom stereocenters. The number of nitrogens with zero attached hydrogens (tertiary/aromatic N) is 3. The van der Waals surface area contributed by atoms with Crippen LogP contribution in [0.1, 0.15) is 5.56 Å². The molecule has 0 spiro atoms. The zero-order chi connectivity index (χ0) is 13.2. The molecule has 3 rings (SSSR count). The lowest BCUT2D eigenvalue weighted by molar-refractivity contribution is 0.613. The molecule has 4 nitrogen and oxygen atoms in total. The molecule has 0 bridgehead atoms. The molecule has 3 aromatic rings. The lowest BCUT2D eigenvalue weighted by Gasteiger charge is -2.07. The first-order valence-electron chi connectivity index (χ1n) is 5.72. The predicted molar refractivity (Wildman–Crippen MR) is 71.7 cm³/mol. The first-order chi connectivity index (χ1) is 9.24. The van der Waals surface area contributed by atoms with Crippen molar-refractivity contribution in [2.75, 3.05) is 5.32 Å². The molecule has 1 N–H and O–H groups in total. The normalized spacial score (nSPS) is 10.8. The summed E-state index contributed by atoms with van der Waals surface area (Å²) in [5, 5.41) is 7.32.